The highest BCUT2D eigenvalue weighted by molar-refractivity contribution is 8.00. The highest BCUT2D eigenvalue weighted by Crippen LogP contribution is 2.47. The molecule has 1 aromatic carbocycles. The summed E-state index contributed by atoms with van der Waals surface area (Å²) in [5, 5.41) is 4.68. The molecule has 1 fully saturated rings. The van der Waals surface area contributed by atoms with Crippen LogP contribution in [0.4, 0.5) is 0 Å². The Morgan fingerprint density at radius 2 is 2.26 bits per heavy atom. The lowest BCUT2D eigenvalue weighted by molar-refractivity contribution is 0.373. The van der Waals surface area contributed by atoms with Gasteiger partial charge in [0.25, 0.3) is 0 Å². The lowest BCUT2D eigenvalue weighted by Gasteiger charge is -2.31. The van der Waals surface area contributed by atoms with Crippen LogP contribution in [0.2, 0.25) is 0 Å². The van der Waals surface area contributed by atoms with Crippen LogP contribution in [0.1, 0.15) is 37.1 Å². The Hall–Kier alpha value is -0.930. The number of furan rings is 1. The van der Waals surface area contributed by atoms with Crippen LogP contribution in [-0.4, -0.2) is 17.5 Å². The van der Waals surface area contributed by atoms with Crippen molar-refractivity contribution in [1.29, 1.82) is 0 Å². The first-order chi connectivity index (χ1) is 9.14. The van der Waals surface area contributed by atoms with E-state index in [0.717, 1.165) is 11.3 Å². The maximum absolute atomic E-state index is 6.15. The number of thioether (sulfide) groups is 1. The van der Waals surface area contributed by atoms with E-state index in [9.17, 15) is 0 Å². The van der Waals surface area contributed by atoms with Gasteiger partial charge in [-0.15, -0.1) is 0 Å². The number of hydrogen-bond donors (Lipinski definition) is 1. The van der Waals surface area contributed by atoms with Crippen LogP contribution in [0, 0.1) is 6.92 Å². The van der Waals surface area contributed by atoms with E-state index in [4.69, 9.17) is 4.42 Å². The van der Waals surface area contributed by atoms with Crippen molar-refractivity contribution in [3.05, 3.63) is 35.6 Å². The van der Waals surface area contributed by atoms with E-state index < -0.39 is 0 Å². The van der Waals surface area contributed by atoms with Crippen molar-refractivity contribution in [2.24, 2.45) is 0 Å². The predicted molar refractivity (Wildman–Crippen MR) is 82.8 cm³/mol. The molecule has 0 radical (unpaired) electrons. The molecule has 3 rings (SSSR count). The number of aryl methyl sites for hydroxylation is 1. The fraction of sp³-hybridized carbons (Fsp3) is 0.500. The van der Waals surface area contributed by atoms with Crippen LogP contribution in [-0.2, 0) is 0 Å². The zero-order valence-electron chi connectivity index (χ0n) is 11.8. The minimum atomic E-state index is 0.247. The monoisotopic (exact) mass is 275 g/mol. The fourth-order valence-corrected chi connectivity index (χ4v) is 4.59. The van der Waals surface area contributed by atoms with Crippen molar-refractivity contribution < 1.29 is 4.42 Å². The zero-order chi connectivity index (χ0) is 13.5. The Labute approximate surface area is 118 Å². The summed E-state index contributed by atoms with van der Waals surface area (Å²) in [6.45, 7) is 4.46. The summed E-state index contributed by atoms with van der Waals surface area (Å²) >= 11 is 2.06. The van der Waals surface area contributed by atoms with Gasteiger partial charge in [0.05, 0.1) is 6.04 Å². The minimum Gasteiger partial charge on any atom is -0.459 e. The summed E-state index contributed by atoms with van der Waals surface area (Å²) in [6.07, 6.45) is 2.55. The van der Waals surface area contributed by atoms with Crippen LogP contribution in [0.3, 0.4) is 0 Å². The van der Waals surface area contributed by atoms with Gasteiger partial charge in [-0.05, 0) is 51.1 Å². The molecule has 2 aromatic rings. The summed E-state index contributed by atoms with van der Waals surface area (Å²) in [6, 6.07) is 8.82. The van der Waals surface area contributed by atoms with E-state index in [0.29, 0.717) is 0 Å². The SMILES string of the molecule is CNC(c1cc2cccc(C)c2o1)C1(C)CCCS1. The number of para-hydroxylation sites is 1. The summed E-state index contributed by atoms with van der Waals surface area (Å²) in [5.41, 5.74) is 2.24. The second kappa shape index (κ2) is 4.88. The fourth-order valence-electron chi connectivity index (χ4n) is 3.15. The molecule has 0 amide bonds. The van der Waals surface area contributed by atoms with Crippen molar-refractivity contribution in [2.45, 2.75) is 37.5 Å². The van der Waals surface area contributed by atoms with E-state index in [2.05, 4.69) is 55.2 Å². The van der Waals surface area contributed by atoms with E-state index in [1.165, 1.54) is 29.5 Å². The Bertz CT molecular complexity index is 583. The third kappa shape index (κ3) is 2.19. The molecule has 2 heterocycles. The Morgan fingerprint density at radius 1 is 1.42 bits per heavy atom. The van der Waals surface area contributed by atoms with E-state index in [1.54, 1.807) is 0 Å². The number of benzene rings is 1. The molecule has 1 N–H and O–H groups in total. The summed E-state index contributed by atoms with van der Waals surface area (Å²) in [4.78, 5) is 0. The maximum atomic E-state index is 6.15. The van der Waals surface area contributed by atoms with Gasteiger partial charge in [0.15, 0.2) is 0 Å². The van der Waals surface area contributed by atoms with Crippen molar-refractivity contribution in [3.63, 3.8) is 0 Å². The molecule has 0 aliphatic carbocycles. The molecular weight excluding hydrogens is 254 g/mol. The quantitative estimate of drug-likeness (QED) is 0.904. The van der Waals surface area contributed by atoms with Crippen molar-refractivity contribution in [3.8, 4) is 0 Å². The molecular formula is C16H21NOS. The average Bonchev–Trinajstić information content (AvgIpc) is 2.98. The molecule has 1 aliphatic rings. The number of fused-ring (bicyclic) bond motifs is 1. The first kappa shape index (κ1) is 13.1. The van der Waals surface area contributed by atoms with Crippen LogP contribution in [0.15, 0.2) is 28.7 Å². The molecule has 0 spiro atoms. The largest absolute Gasteiger partial charge is 0.459 e. The molecule has 1 aliphatic heterocycles. The molecule has 1 saturated heterocycles. The van der Waals surface area contributed by atoms with Gasteiger partial charge in [0, 0.05) is 10.1 Å². The lowest BCUT2D eigenvalue weighted by atomic mass is 9.94. The molecule has 2 atom stereocenters. The standard InChI is InChI=1S/C16H21NOS/c1-11-6-4-7-12-10-13(18-14(11)12)15(17-3)16(2)8-5-9-19-16/h4,6-7,10,15,17H,5,8-9H2,1-3H3. The molecule has 2 unspecified atom stereocenters. The number of rotatable bonds is 3. The first-order valence-corrected chi connectivity index (χ1v) is 7.93. The van der Waals surface area contributed by atoms with Crippen LogP contribution >= 0.6 is 11.8 Å². The van der Waals surface area contributed by atoms with Crippen molar-refractivity contribution >= 4 is 22.7 Å². The Morgan fingerprint density at radius 3 is 2.89 bits per heavy atom. The third-order valence-corrected chi connectivity index (χ3v) is 5.79. The molecule has 0 bridgehead atoms. The third-order valence-electron chi connectivity index (χ3n) is 4.19. The highest BCUT2D eigenvalue weighted by Gasteiger charge is 2.39. The lowest BCUT2D eigenvalue weighted by Crippen LogP contribution is -2.35. The van der Waals surface area contributed by atoms with E-state index in [-0.39, 0.29) is 10.8 Å². The molecule has 0 saturated carbocycles. The summed E-state index contributed by atoms with van der Waals surface area (Å²) < 4.78 is 6.40. The Kier molecular flexibility index (Phi) is 3.35. The average molecular weight is 275 g/mol. The van der Waals surface area contributed by atoms with Crippen molar-refractivity contribution in [2.75, 3.05) is 12.8 Å². The van der Waals surface area contributed by atoms with Gasteiger partial charge < -0.3 is 9.73 Å². The van der Waals surface area contributed by atoms with Gasteiger partial charge in [0.2, 0.25) is 0 Å². The van der Waals surface area contributed by atoms with Crippen LogP contribution in [0.5, 0.6) is 0 Å². The normalized spacial score (nSPS) is 25.0. The molecule has 3 heteroatoms. The van der Waals surface area contributed by atoms with Gasteiger partial charge in [-0.25, -0.2) is 0 Å². The van der Waals surface area contributed by atoms with E-state index in [1.807, 2.05) is 7.05 Å². The van der Waals surface area contributed by atoms with Crippen LogP contribution in [0.25, 0.3) is 11.0 Å². The van der Waals surface area contributed by atoms with Crippen molar-refractivity contribution in [1.82, 2.24) is 5.32 Å². The number of nitrogens with one attached hydrogen (secondary N) is 1. The second-order valence-electron chi connectivity index (χ2n) is 5.63. The number of hydrogen-bond acceptors (Lipinski definition) is 3. The molecule has 2 nitrogen and oxygen atoms in total. The van der Waals surface area contributed by atoms with Gasteiger partial charge >= 0.3 is 0 Å². The van der Waals surface area contributed by atoms with Crippen LogP contribution < -0.4 is 5.32 Å². The second-order valence-corrected chi connectivity index (χ2v) is 7.26. The topological polar surface area (TPSA) is 25.2 Å². The molecule has 19 heavy (non-hydrogen) atoms. The Balaban J connectivity index is 2.04. The van der Waals surface area contributed by atoms with E-state index >= 15 is 0 Å². The summed E-state index contributed by atoms with van der Waals surface area (Å²) in [5.74, 6) is 2.33. The molecule has 102 valence electrons. The zero-order valence-corrected chi connectivity index (χ0v) is 12.6. The smallest absolute Gasteiger partial charge is 0.137 e. The minimum absolute atomic E-state index is 0.247. The summed E-state index contributed by atoms with van der Waals surface area (Å²) in [7, 11) is 2.04. The van der Waals surface area contributed by atoms with Gasteiger partial charge in [-0.3, -0.25) is 0 Å². The molecule has 1 aromatic heterocycles. The maximum Gasteiger partial charge on any atom is 0.137 e. The van der Waals surface area contributed by atoms with Gasteiger partial charge in [0.1, 0.15) is 11.3 Å². The predicted octanol–water partition coefficient (Wildman–Crippen LogP) is 4.29. The van der Waals surface area contributed by atoms with Gasteiger partial charge in [-0.1, -0.05) is 18.2 Å². The first-order valence-electron chi connectivity index (χ1n) is 6.94. The van der Waals surface area contributed by atoms with Gasteiger partial charge in [-0.2, -0.15) is 11.8 Å². The highest BCUT2D eigenvalue weighted by atomic mass is 32.2.